The van der Waals surface area contributed by atoms with E-state index < -0.39 is 5.60 Å². The van der Waals surface area contributed by atoms with Crippen LogP contribution in [0.2, 0.25) is 0 Å². The molecule has 0 saturated heterocycles. The molecule has 4 saturated carbocycles. The fourth-order valence-electron chi connectivity index (χ4n) is 8.04. The first-order chi connectivity index (χ1) is 11.8. The molecular formula is C22H36O3. The third-order valence-electron chi connectivity index (χ3n) is 9.20. The Hall–Kier alpha value is -0.410. The molecular weight excluding hydrogens is 312 g/mol. The van der Waals surface area contributed by atoms with Gasteiger partial charge in [-0.15, -0.1) is 0 Å². The van der Waals surface area contributed by atoms with E-state index in [-0.39, 0.29) is 23.7 Å². The molecule has 0 aromatic heterocycles. The summed E-state index contributed by atoms with van der Waals surface area (Å²) < 4.78 is 0. The van der Waals surface area contributed by atoms with Crippen molar-refractivity contribution in [2.45, 2.75) is 77.7 Å². The normalized spacial score (nSPS) is 55.2. The van der Waals surface area contributed by atoms with Crippen LogP contribution in [-0.2, 0) is 4.79 Å². The largest absolute Gasteiger partial charge is 0.390 e. The Labute approximate surface area is 152 Å². The maximum absolute atomic E-state index is 12.3. The Kier molecular flexibility index (Phi) is 4.35. The molecule has 0 aliphatic heterocycles. The van der Waals surface area contributed by atoms with E-state index in [0.717, 1.165) is 43.4 Å². The summed E-state index contributed by atoms with van der Waals surface area (Å²) in [4.78, 5) is 12.3. The quantitative estimate of drug-likeness (QED) is 0.798. The molecule has 0 spiro atoms. The molecule has 0 aromatic rings. The number of aliphatic hydroxyl groups is 2. The van der Waals surface area contributed by atoms with E-state index in [1.807, 2.05) is 6.92 Å². The first-order valence-electron chi connectivity index (χ1n) is 10.6. The van der Waals surface area contributed by atoms with Gasteiger partial charge in [-0.25, -0.2) is 0 Å². The van der Waals surface area contributed by atoms with Crippen LogP contribution in [0.4, 0.5) is 0 Å². The van der Waals surface area contributed by atoms with E-state index >= 15 is 0 Å². The molecule has 9 atom stereocenters. The number of aliphatic hydroxyl groups excluding tert-OH is 1. The van der Waals surface area contributed by atoms with Gasteiger partial charge in [0.25, 0.3) is 0 Å². The topological polar surface area (TPSA) is 57.5 Å². The molecule has 3 nitrogen and oxygen atoms in total. The van der Waals surface area contributed by atoms with Gasteiger partial charge in [-0.3, -0.25) is 4.79 Å². The third-order valence-corrected chi connectivity index (χ3v) is 9.20. The standard InChI is InChI=1S/C22H36O3/c1-13-10-16-14(15-6-8-21(2,25)11-17(13)15)7-9-22(3)18(16)4-5-19(22)20(24)12-23/h13-19,23,25H,4-12H2,1-3H3/t13-,14-,15-,16-,17-,18+,19-,21-,22+/m1/s1. The van der Waals surface area contributed by atoms with Gasteiger partial charge in [-0.05, 0) is 99.2 Å². The van der Waals surface area contributed by atoms with Crippen molar-refractivity contribution in [1.29, 1.82) is 0 Å². The number of carbonyl (C=O) groups is 1. The number of hydrogen-bond donors (Lipinski definition) is 2. The molecule has 2 N–H and O–H groups in total. The van der Waals surface area contributed by atoms with Crippen LogP contribution in [-0.4, -0.2) is 28.2 Å². The van der Waals surface area contributed by atoms with Crippen LogP contribution in [0.25, 0.3) is 0 Å². The molecule has 0 bridgehead atoms. The van der Waals surface area contributed by atoms with E-state index in [4.69, 9.17) is 0 Å². The van der Waals surface area contributed by atoms with E-state index in [2.05, 4.69) is 13.8 Å². The lowest BCUT2D eigenvalue weighted by Crippen LogP contribution is -2.53. The van der Waals surface area contributed by atoms with Gasteiger partial charge in [0.05, 0.1) is 5.60 Å². The molecule has 0 radical (unpaired) electrons. The van der Waals surface area contributed by atoms with Crippen LogP contribution in [0.1, 0.15) is 72.1 Å². The molecule has 0 aromatic carbocycles. The van der Waals surface area contributed by atoms with Crippen molar-refractivity contribution >= 4 is 5.78 Å². The van der Waals surface area contributed by atoms with Gasteiger partial charge in [-0.2, -0.15) is 0 Å². The van der Waals surface area contributed by atoms with E-state index in [1.54, 1.807) is 0 Å². The van der Waals surface area contributed by atoms with Crippen LogP contribution in [0.3, 0.4) is 0 Å². The zero-order valence-corrected chi connectivity index (χ0v) is 16.2. The molecule has 3 heteroatoms. The first kappa shape index (κ1) is 18.0. The highest BCUT2D eigenvalue weighted by Gasteiger charge is 2.59. The highest BCUT2D eigenvalue weighted by atomic mass is 16.3. The van der Waals surface area contributed by atoms with Crippen molar-refractivity contribution in [1.82, 2.24) is 0 Å². The fraction of sp³-hybridized carbons (Fsp3) is 0.955. The Morgan fingerprint density at radius 2 is 1.68 bits per heavy atom. The minimum Gasteiger partial charge on any atom is -0.390 e. The van der Waals surface area contributed by atoms with E-state index in [1.165, 1.54) is 25.7 Å². The zero-order chi connectivity index (χ0) is 18.0. The summed E-state index contributed by atoms with van der Waals surface area (Å²) in [5.74, 6) is 4.55. The van der Waals surface area contributed by atoms with Crippen molar-refractivity contribution in [3.8, 4) is 0 Å². The Morgan fingerprint density at radius 1 is 1.00 bits per heavy atom. The minimum absolute atomic E-state index is 0.0823. The summed E-state index contributed by atoms with van der Waals surface area (Å²) in [5, 5.41) is 20.0. The number of fused-ring (bicyclic) bond motifs is 5. The maximum atomic E-state index is 12.3. The minimum atomic E-state index is -0.461. The number of ketones is 1. The lowest BCUT2D eigenvalue weighted by molar-refractivity contribution is -0.138. The van der Waals surface area contributed by atoms with Gasteiger partial charge in [0, 0.05) is 5.92 Å². The Balaban J connectivity index is 1.58. The monoisotopic (exact) mass is 348 g/mol. The van der Waals surface area contributed by atoms with Gasteiger partial charge in [-0.1, -0.05) is 13.8 Å². The molecule has 0 heterocycles. The van der Waals surface area contributed by atoms with E-state index in [0.29, 0.717) is 17.8 Å². The van der Waals surface area contributed by atoms with Crippen molar-refractivity contribution in [2.75, 3.05) is 6.61 Å². The van der Waals surface area contributed by atoms with Gasteiger partial charge >= 0.3 is 0 Å². The average molecular weight is 349 g/mol. The Bertz CT molecular complexity index is 541. The molecule has 142 valence electrons. The van der Waals surface area contributed by atoms with Gasteiger partial charge < -0.3 is 10.2 Å². The molecule has 0 amide bonds. The van der Waals surface area contributed by atoms with Crippen molar-refractivity contribution in [3.05, 3.63) is 0 Å². The van der Waals surface area contributed by atoms with Crippen LogP contribution in [0.5, 0.6) is 0 Å². The van der Waals surface area contributed by atoms with Crippen LogP contribution >= 0.6 is 0 Å². The first-order valence-corrected chi connectivity index (χ1v) is 10.6. The summed E-state index contributed by atoms with van der Waals surface area (Å²) in [6.45, 7) is 6.51. The van der Waals surface area contributed by atoms with Crippen molar-refractivity contribution in [2.24, 2.45) is 46.8 Å². The fourth-order valence-corrected chi connectivity index (χ4v) is 8.04. The summed E-state index contributed by atoms with van der Waals surface area (Å²) in [5.41, 5.74) is -0.342. The second-order valence-electron chi connectivity index (χ2n) is 10.5. The number of hydrogen-bond acceptors (Lipinski definition) is 3. The second-order valence-corrected chi connectivity index (χ2v) is 10.5. The highest BCUT2D eigenvalue weighted by molar-refractivity contribution is 5.83. The lowest BCUT2D eigenvalue weighted by atomic mass is 9.47. The maximum Gasteiger partial charge on any atom is 0.161 e. The van der Waals surface area contributed by atoms with Gasteiger partial charge in [0.1, 0.15) is 6.61 Å². The van der Waals surface area contributed by atoms with Crippen LogP contribution < -0.4 is 0 Å². The number of carbonyl (C=O) groups excluding carboxylic acids is 1. The summed E-state index contributed by atoms with van der Waals surface area (Å²) in [6, 6.07) is 0. The average Bonchev–Trinajstić information content (AvgIpc) is 2.91. The molecule has 25 heavy (non-hydrogen) atoms. The number of Topliss-reactive ketones (excluding diaryl/α,β-unsaturated/α-hetero) is 1. The predicted octanol–water partition coefficient (Wildman–Crippen LogP) is 3.81. The smallest absolute Gasteiger partial charge is 0.161 e. The van der Waals surface area contributed by atoms with Crippen LogP contribution in [0, 0.1) is 46.8 Å². The molecule has 4 aliphatic rings. The van der Waals surface area contributed by atoms with Gasteiger partial charge in [0.2, 0.25) is 0 Å². The molecule has 4 aliphatic carbocycles. The highest BCUT2D eigenvalue weighted by Crippen LogP contribution is 2.65. The van der Waals surface area contributed by atoms with Crippen LogP contribution in [0.15, 0.2) is 0 Å². The summed E-state index contributed by atoms with van der Waals surface area (Å²) in [7, 11) is 0. The Morgan fingerprint density at radius 3 is 2.40 bits per heavy atom. The number of rotatable bonds is 2. The van der Waals surface area contributed by atoms with Crippen molar-refractivity contribution in [3.63, 3.8) is 0 Å². The lowest BCUT2D eigenvalue weighted by Gasteiger charge is -2.58. The molecule has 4 fully saturated rings. The second kappa shape index (κ2) is 6.05. The summed E-state index contributed by atoms with van der Waals surface area (Å²) in [6.07, 6.45) is 8.98. The van der Waals surface area contributed by atoms with E-state index in [9.17, 15) is 15.0 Å². The molecule has 4 rings (SSSR count). The zero-order valence-electron chi connectivity index (χ0n) is 16.2. The summed E-state index contributed by atoms with van der Waals surface area (Å²) >= 11 is 0. The van der Waals surface area contributed by atoms with Crippen molar-refractivity contribution < 1.29 is 15.0 Å². The predicted molar refractivity (Wildman–Crippen MR) is 97.9 cm³/mol. The SMILES string of the molecule is C[C@@H]1C[C@@H]2[C@H](CC[C@]3(C)[C@@H](C(=O)CO)CC[C@@H]23)[C@H]2CC[C@@](C)(O)C[C@@H]21. The molecule has 0 unspecified atom stereocenters. The third kappa shape index (κ3) is 2.72. The van der Waals surface area contributed by atoms with Gasteiger partial charge in [0.15, 0.2) is 5.78 Å².